The molecule has 1 aliphatic heterocycles. The van der Waals surface area contributed by atoms with E-state index >= 15 is 0 Å². The molecule has 0 spiro atoms. The van der Waals surface area contributed by atoms with Crippen molar-refractivity contribution >= 4 is 18.0 Å². The van der Waals surface area contributed by atoms with Gasteiger partial charge in [0, 0.05) is 6.42 Å². The molecule has 0 aromatic rings. The predicted octanol–water partition coefficient (Wildman–Crippen LogP) is -0.425. The number of rotatable bonds is 3. The third kappa shape index (κ3) is 2.43. The van der Waals surface area contributed by atoms with E-state index < -0.39 is 24.1 Å². The largest absolute Gasteiger partial charge is 0.469 e. The Bertz CT molecular complexity index is 249. The zero-order valence-electron chi connectivity index (χ0n) is 7.03. The van der Waals surface area contributed by atoms with Crippen LogP contribution in [0.2, 0.25) is 0 Å². The number of methoxy groups -OCH3 is 1. The van der Waals surface area contributed by atoms with Crippen molar-refractivity contribution in [2.45, 2.75) is 18.9 Å². The first-order valence-corrected chi connectivity index (χ1v) is 3.72. The van der Waals surface area contributed by atoms with Gasteiger partial charge in [-0.15, -0.1) is 0 Å². The highest BCUT2D eigenvalue weighted by Gasteiger charge is 2.32. The highest BCUT2D eigenvalue weighted by molar-refractivity contribution is 5.95. The Kier molecular flexibility index (Phi) is 2.84. The van der Waals surface area contributed by atoms with Crippen molar-refractivity contribution in [2.75, 3.05) is 7.11 Å². The van der Waals surface area contributed by atoms with Crippen molar-refractivity contribution in [3.63, 3.8) is 0 Å². The van der Waals surface area contributed by atoms with Crippen molar-refractivity contribution in [3.8, 4) is 0 Å². The van der Waals surface area contributed by atoms with Gasteiger partial charge in [0.2, 0.25) is 0 Å². The van der Waals surface area contributed by atoms with Crippen LogP contribution in [0.3, 0.4) is 0 Å². The average Bonchev–Trinajstić information content (AvgIpc) is 2.41. The molecule has 0 bridgehead atoms. The van der Waals surface area contributed by atoms with Gasteiger partial charge in [0.05, 0.1) is 7.11 Å². The first-order valence-electron chi connectivity index (χ1n) is 3.72. The molecule has 0 aliphatic carbocycles. The topological polar surface area (TPSA) is 81.7 Å². The monoisotopic (exact) mass is 187 g/mol. The zero-order valence-corrected chi connectivity index (χ0v) is 7.03. The SMILES string of the molecule is COC(=O)CC[C@@H]1NC(=O)OC1=O. The van der Waals surface area contributed by atoms with Gasteiger partial charge in [0.1, 0.15) is 6.04 Å². The Hall–Kier alpha value is -1.59. The van der Waals surface area contributed by atoms with Crippen LogP contribution < -0.4 is 5.32 Å². The number of esters is 2. The Labute approximate surface area is 74.2 Å². The molecule has 0 unspecified atom stereocenters. The first kappa shape index (κ1) is 9.50. The minimum atomic E-state index is -0.764. The molecule has 0 radical (unpaired) electrons. The summed E-state index contributed by atoms with van der Waals surface area (Å²) in [4.78, 5) is 32.0. The lowest BCUT2D eigenvalue weighted by molar-refractivity contribution is -0.141. The molecule has 1 aliphatic rings. The molecule has 1 amide bonds. The van der Waals surface area contributed by atoms with Gasteiger partial charge < -0.3 is 14.8 Å². The second-order valence-electron chi connectivity index (χ2n) is 2.52. The minimum Gasteiger partial charge on any atom is -0.469 e. The lowest BCUT2D eigenvalue weighted by Gasteiger charge is -2.02. The van der Waals surface area contributed by atoms with E-state index in [1.54, 1.807) is 0 Å². The Morgan fingerprint density at radius 3 is 2.77 bits per heavy atom. The van der Waals surface area contributed by atoms with Crippen LogP contribution in [0.1, 0.15) is 12.8 Å². The number of carbonyl (C=O) groups excluding carboxylic acids is 3. The van der Waals surface area contributed by atoms with E-state index in [2.05, 4.69) is 14.8 Å². The fraction of sp³-hybridized carbons (Fsp3) is 0.571. The molecule has 0 aromatic carbocycles. The van der Waals surface area contributed by atoms with Crippen LogP contribution in [-0.4, -0.2) is 31.2 Å². The van der Waals surface area contributed by atoms with Crippen LogP contribution in [0.5, 0.6) is 0 Å². The highest BCUT2D eigenvalue weighted by atomic mass is 16.6. The average molecular weight is 187 g/mol. The molecule has 0 saturated carbocycles. The second-order valence-corrected chi connectivity index (χ2v) is 2.52. The second kappa shape index (κ2) is 3.88. The standard InChI is InChI=1S/C7H9NO5/c1-12-5(9)3-2-4-6(10)13-7(11)8-4/h4H,2-3H2,1H3,(H,8,11)/t4-/m0/s1. The van der Waals surface area contributed by atoms with Gasteiger partial charge in [0.15, 0.2) is 0 Å². The molecule has 1 fully saturated rings. The molecule has 6 heteroatoms. The summed E-state index contributed by atoms with van der Waals surface area (Å²) in [7, 11) is 1.26. The van der Waals surface area contributed by atoms with E-state index in [9.17, 15) is 14.4 Å². The lowest BCUT2D eigenvalue weighted by atomic mass is 10.2. The molecule has 0 aromatic heterocycles. The van der Waals surface area contributed by atoms with Crippen LogP contribution in [-0.2, 0) is 19.1 Å². The number of ether oxygens (including phenoxy) is 2. The van der Waals surface area contributed by atoms with Crippen molar-refractivity contribution in [1.82, 2.24) is 5.32 Å². The van der Waals surface area contributed by atoms with Gasteiger partial charge in [-0.05, 0) is 6.42 Å². The molecule has 1 rings (SSSR count). The maximum absolute atomic E-state index is 10.8. The number of carbonyl (C=O) groups is 3. The van der Waals surface area contributed by atoms with Crippen LogP contribution >= 0.6 is 0 Å². The summed E-state index contributed by atoms with van der Waals surface area (Å²) in [6, 6.07) is -0.716. The number of alkyl carbamates (subject to hydrolysis) is 1. The molecular weight excluding hydrogens is 178 g/mol. The number of nitrogens with one attached hydrogen (secondary N) is 1. The van der Waals surface area contributed by atoms with Gasteiger partial charge in [-0.25, -0.2) is 9.59 Å². The summed E-state index contributed by atoms with van der Waals surface area (Å²) in [5.41, 5.74) is 0. The molecule has 13 heavy (non-hydrogen) atoms. The molecular formula is C7H9NO5. The summed E-state index contributed by atoms with van der Waals surface area (Å²) >= 11 is 0. The van der Waals surface area contributed by atoms with Gasteiger partial charge in [-0.2, -0.15) is 0 Å². The fourth-order valence-electron chi connectivity index (χ4n) is 0.947. The van der Waals surface area contributed by atoms with E-state index in [4.69, 9.17) is 0 Å². The maximum Gasteiger partial charge on any atom is 0.415 e. The van der Waals surface area contributed by atoms with Crippen LogP contribution in [0.25, 0.3) is 0 Å². The Balaban J connectivity index is 2.33. The van der Waals surface area contributed by atoms with Crippen LogP contribution in [0, 0.1) is 0 Å². The Morgan fingerprint density at radius 1 is 1.62 bits per heavy atom. The highest BCUT2D eigenvalue weighted by Crippen LogP contribution is 2.07. The third-order valence-electron chi connectivity index (χ3n) is 1.63. The van der Waals surface area contributed by atoms with Crippen molar-refractivity contribution < 1.29 is 23.9 Å². The van der Waals surface area contributed by atoms with Gasteiger partial charge in [-0.3, -0.25) is 4.79 Å². The normalized spacial score (nSPS) is 20.8. The van der Waals surface area contributed by atoms with E-state index in [1.165, 1.54) is 7.11 Å². The molecule has 1 saturated heterocycles. The Morgan fingerprint density at radius 2 is 2.31 bits per heavy atom. The summed E-state index contributed by atoms with van der Waals surface area (Å²) in [6.07, 6.45) is -0.479. The number of hydrogen-bond donors (Lipinski definition) is 1. The maximum atomic E-state index is 10.8. The van der Waals surface area contributed by atoms with Crippen LogP contribution in [0.15, 0.2) is 0 Å². The minimum absolute atomic E-state index is 0.0799. The summed E-state index contributed by atoms with van der Waals surface area (Å²) in [5, 5.41) is 2.26. The van der Waals surface area contributed by atoms with Crippen molar-refractivity contribution in [2.24, 2.45) is 0 Å². The predicted molar refractivity (Wildman–Crippen MR) is 39.7 cm³/mol. The molecule has 72 valence electrons. The smallest absolute Gasteiger partial charge is 0.415 e. The fourth-order valence-corrected chi connectivity index (χ4v) is 0.947. The van der Waals surface area contributed by atoms with Gasteiger partial charge >= 0.3 is 18.0 Å². The first-order chi connectivity index (χ1) is 6.13. The van der Waals surface area contributed by atoms with E-state index in [-0.39, 0.29) is 12.8 Å². The summed E-state index contributed by atoms with van der Waals surface area (Å²) in [6.45, 7) is 0. The van der Waals surface area contributed by atoms with E-state index in [0.717, 1.165) is 0 Å². The van der Waals surface area contributed by atoms with Gasteiger partial charge in [0.25, 0.3) is 0 Å². The molecule has 1 atom stereocenters. The van der Waals surface area contributed by atoms with E-state index in [0.29, 0.717) is 0 Å². The number of hydrogen-bond acceptors (Lipinski definition) is 5. The van der Waals surface area contributed by atoms with E-state index in [1.807, 2.05) is 0 Å². The third-order valence-corrected chi connectivity index (χ3v) is 1.63. The molecule has 1 heterocycles. The summed E-state index contributed by atoms with van der Waals surface area (Å²) < 4.78 is 8.57. The lowest BCUT2D eigenvalue weighted by Crippen LogP contribution is -2.29. The van der Waals surface area contributed by atoms with Gasteiger partial charge in [-0.1, -0.05) is 0 Å². The molecule has 1 N–H and O–H groups in total. The number of cyclic esters (lactones) is 2. The summed E-state index contributed by atoms with van der Waals surface area (Å²) in [5.74, 6) is -1.07. The molecule has 6 nitrogen and oxygen atoms in total. The van der Waals surface area contributed by atoms with Crippen molar-refractivity contribution in [3.05, 3.63) is 0 Å². The van der Waals surface area contributed by atoms with Crippen LogP contribution in [0.4, 0.5) is 4.79 Å². The number of amides is 1. The van der Waals surface area contributed by atoms with Crippen molar-refractivity contribution in [1.29, 1.82) is 0 Å². The zero-order chi connectivity index (χ0) is 9.84. The quantitative estimate of drug-likeness (QED) is 0.479.